The number of carbonyl (C=O) groups is 4. The van der Waals surface area contributed by atoms with Crippen LogP contribution in [0.2, 0.25) is 0 Å². The number of aliphatic carboxylic acids is 1. The first-order valence-electron chi connectivity index (χ1n) is 7.93. The first-order chi connectivity index (χ1) is 11.9. The maximum Gasteiger partial charge on any atom is 0.328 e. The number of hydrogen-bond donors (Lipinski definition) is 1. The van der Waals surface area contributed by atoms with Crippen molar-refractivity contribution in [2.24, 2.45) is 5.92 Å². The van der Waals surface area contributed by atoms with Crippen LogP contribution >= 0.6 is 11.8 Å². The Labute approximate surface area is 150 Å². The Morgan fingerprint density at radius 3 is 2.48 bits per heavy atom. The average Bonchev–Trinajstić information content (AvgIpc) is 2.96. The van der Waals surface area contributed by atoms with E-state index < -0.39 is 29.9 Å². The Bertz CT molecular complexity index is 679. The fourth-order valence-corrected chi connectivity index (χ4v) is 3.37. The molecule has 7 nitrogen and oxygen atoms in total. The van der Waals surface area contributed by atoms with Gasteiger partial charge in [0.1, 0.15) is 0 Å². The zero-order valence-electron chi connectivity index (χ0n) is 14.0. The van der Waals surface area contributed by atoms with Gasteiger partial charge in [-0.05, 0) is 6.92 Å². The van der Waals surface area contributed by atoms with Gasteiger partial charge < -0.3 is 10.0 Å². The van der Waals surface area contributed by atoms with Crippen molar-refractivity contribution in [3.05, 3.63) is 35.9 Å². The van der Waals surface area contributed by atoms with Crippen LogP contribution in [-0.4, -0.2) is 62.8 Å². The van der Waals surface area contributed by atoms with E-state index in [0.29, 0.717) is 12.1 Å². The Morgan fingerprint density at radius 2 is 1.92 bits per heavy atom. The zero-order valence-corrected chi connectivity index (χ0v) is 14.9. The molecule has 0 saturated carbocycles. The standard InChI is InChI=1S/C17H20N2O5S/c1-3-18-9-13(15(21)22)19(17(18)24)14(20)11(2)10-25-16(23)12-7-5-4-6-8-12/h4-8,11,13H,3,9-10H2,1-2H3,(H,21,22)/t11-,13-/m0/s1. The number of likely N-dealkylation sites (N-methyl/N-ethyl adjacent to an activating group) is 1. The van der Waals surface area contributed by atoms with Crippen LogP contribution in [0.3, 0.4) is 0 Å². The van der Waals surface area contributed by atoms with Gasteiger partial charge in [0.15, 0.2) is 6.04 Å². The number of benzene rings is 1. The van der Waals surface area contributed by atoms with E-state index in [1.54, 1.807) is 44.2 Å². The van der Waals surface area contributed by atoms with Crippen molar-refractivity contribution in [1.82, 2.24) is 9.80 Å². The summed E-state index contributed by atoms with van der Waals surface area (Å²) in [6, 6.07) is 6.90. The van der Waals surface area contributed by atoms with Crippen LogP contribution in [0.5, 0.6) is 0 Å². The summed E-state index contributed by atoms with van der Waals surface area (Å²) in [5.74, 6) is -2.26. The Morgan fingerprint density at radius 1 is 1.28 bits per heavy atom. The summed E-state index contributed by atoms with van der Waals surface area (Å²) in [6.45, 7) is 3.64. The second-order valence-corrected chi connectivity index (χ2v) is 6.74. The molecule has 0 unspecified atom stereocenters. The van der Waals surface area contributed by atoms with E-state index in [4.69, 9.17) is 0 Å². The number of nitrogens with zero attached hydrogens (tertiary/aromatic N) is 2. The van der Waals surface area contributed by atoms with Gasteiger partial charge in [0, 0.05) is 23.8 Å². The minimum absolute atomic E-state index is 0.0147. The third-order valence-corrected chi connectivity index (χ3v) is 5.15. The summed E-state index contributed by atoms with van der Waals surface area (Å²) in [4.78, 5) is 50.4. The molecule has 1 saturated heterocycles. The number of rotatable bonds is 6. The Kier molecular flexibility index (Phi) is 6.19. The van der Waals surface area contributed by atoms with Crippen LogP contribution in [0.4, 0.5) is 4.79 Å². The smallest absolute Gasteiger partial charge is 0.328 e. The molecule has 1 aliphatic rings. The highest BCUT2D eigenvalue weighted by molar-refractivity contribution is 8.14. The molecule has 8 heteroatoms. The van der Waals surface area contributed by atoms with Crippen molar-refractivity contribution in [3.8, 4) is 0 Å². The molecule has 2 atom stereocenters. The van der Waals surface area contributed by atoms with Crippen molar-refractivity contribution >= 4 is 34.8 Å². The monoisotopic (exact) mass is 364 g/mol. The molecule has 0 radical (unpaired) electrons. The lowest BCUT2D eigenvalue weighted by atomic mass is 10.1. The molecular formula is C17H20N2O5S. The molecule has 1 aromatic carbocycles. The van der Waals surface area contributed by atoms with Gasteiger partial charge >= 0.3 is 12.0 Å². The Hall–Kier alpha value is -2.35. The lowest BCUT2D eigenvalue weighted by molar-refractivity contribution is -0.147. The summed E-state index contributed by atoms with van der Waals surface area (Å²) in [7, 11) is 0. The summed E-state index contributed by atoms with van der Waals surface area (Å²) >= 11 is 0.983. The van der Waals surface area contributed by atoms with E-state index in [1.807, 2.05) is 0 Å². The maximum absolute atomic E-state index is 12.6. The van der Waals surface area contributed by atoms with Gasteiger partial charge in [-0.2, -0.15) is 0 Å². The summed E-state index contributed by atoms with van der Waals surface area (Å²) in [5.41, 5.74) is 0.532. The number of amides is 3. The number of imide groups is 1. The van der Waals surface area contributed by atoms with Gasteiger partial charge in [0.05, 0.1) is 6.54 Å². The predicted molar refractivity (Wildman–Crippen MR) is 93.3 cm³/mol. The topological polar surface area (TPSA) is 95.0 Å². The highest BCUT2D eigenvalue weighted by Crippen LogP contribution is 2.22. The number of carbonyl (C=O) groups excluding carboxylic acids is 3. The number of urea groups is 1. The van der Waals surface area contributed by atoms with Gasteiger partial charge in [-0.25, -0.2) is 14.5 Å². The van der Waals surface area contributed by atoms with Crippen molar-refractivity contribution in [3.63, 3.8) is 0 Å². The normalized spacial score (nSPS) is 18.3. The van der Waals surface area contributed by atoms with Crippen LogP contribution in [0.25, 0.3) is 0 Å². The van der Waals surface area contributed by atoms with Gasteiger partial charge in [-0.15, -0.1) is 0 Å². The van der Waals surface area contributed by atoms with Gasteiger partial charge in [-0.3, -0.25) is 9.59 Å². The van der Waals surface area contributed by atoms with E-state index >= 15 is 0 Å². The minimum atomic E-state index is -1.21. The van der Waals surface area contributed by atoms with Crippen LogP contribution in [-0.2, 0) is 9.59 Å². The Balaban J connectivity index is 2.02. The lowest BCUT2D eigenvalue weighted by Crippen LogP contribution is -2.46. The molecule has 3 amide bonds. The van der Waals surface area contributed by atoms with Crippen molar-refractivity contribution in [1.29, 1.82) is 0 Å². The molecule has 0 spiro atoms. The van der Waals surface area contributed by atoms with Gasteiger partial charge in [0.2, 0.25) is 11.0 Å². The first kappa shape index (κ1) is 19.0. The second kappa shape index (κ2) is 8.15. The minimum Gasteiger partial charge on any atom is -0.480 e. The van der Waals surface area contributed by atoms with E-state index in [-0.39, 0.29) is 17.4 Å². The van der Waals surface area contributed by atoms with Gasteiger partial charge in [-0.1, -0.05) is 49.0 Å². The summed E-state index contributed by atoms with van der Waals surface area (Å²) in [6.07, 6.45) is 0. The lowest BCUT2D eigenvalue weighted by Gasteiger charge is -2.22. The molecule has 2 rings (SSSR count). The molecular weight excluding hydrogens is 344 g/mol. The van der Waals surface area contributed by atoms with E-state index in [2.05, 4.69) is 0 Å². The molecule has 1 N–H and O–H groups in total. The molecule has 25 heavy (non-hydrogen) atoms. The van der Waals surface area contributed by atoms with Crippen molar-refractivity contribution in [2.45, 2.75) is 19.9 Å². The maximum atomic E-state index is 12.6. The fraction of sp³-hybridized carbons (Fsp3) is 0.412. The number of hydrogen-bond acceptors (Lipinski definition) is 5. The van der Waals surface area contributed by atoms with Crippen molar-refractivity contribution < 1.29 is 24.3 Å². The highest BCUT2D eigenvalue weighted by Gasteiger charge is 2.45. The first-order valence-corrected chi connectivity index (χ1v) is 8.92. The molecule has 134 valence electrons. The SMILES string of the molecule is CCN1C[C@@H](C(=O)O)N(C(=O)[C@@H](C)CSC(=O)c2ccccc2)C1=O. The van der Waals surface area contributed by atoms with Crippen LogP contribution in [0.15, 0.2) is 30.3 Å². The summed E-state index contributed by atoms with van der Waals surface area (Å²) < 4.78 is 0. The van der Waals surface area contributed by atoms with Crippen LogP contribution < -0.4 is 0 Å². The van der Waals surface area contributed by atoms with E-state index in [9.17, 15) is 24.3 Å². The highest BCUT2D eigenvalue weighted by atomic mass is 32.2. The van der Waals surface area contributed by atoms with Gasteiger partial charge in [0.25, 0.3) is 0 Å². The summed E-state index contributed by atoms with van der Waals surface area (Å²) in [5, 5.41) is 9.11. The van der Waals surface area contributed by atoms with Crippen LogP contribution in [0, 0.1) is 5.92 Å². The van der Waals surface area contributed by atoms with Crippen molar-refractivity contribution in [2.75, 3.05) is 18.8 Å². The van der Waals surface area contributed by atoms with E-state index in [0.717, 1.165) is 16.7 Å². The number of thioether (sulfide) groups is 1. The number of carboxylic acids is 1. The second-order valence-electron chi connectivity index (χ2n) is 5.75. The van der Waals surface area contributed by atoms with Crippen LogP contribution in [0.1, 0.15) is 24.2 Å². The third-order valence-electron chi connectivity index (χ3n) is 3.98. The van der Waals surface area contributed by atoms with E-state index in [1.165, 1.54) is 4.90 Å². The average molecular weight is 364 g/mol. The molecule has 1 fully saturated rings. The molecule has 0 bridgehead atoms. The predicted octanol–water partition coefficient (Wildman–Crippen LogP) is 1.93. The molecule has 1 aliphatic heterocycles. The molecule has 0 aromatic heterocycles. The largest absolute Gasteiger partial charge is 0.480 e. The molecule has 1 aromatic rings. The molecule has 1 heterocycles. The quantitative estimate of drug-likeness (QED) is 0.829. The molecule has 0 aliphatic carbocycles. The third kappa shape index (κ3) is 4.19. The fourth-order valence-electron chi connectivity index (χ4n) is 2.52. The number of carboxylic acid groups (broad SMARTS) is 1. The zero-order chi connectivity index (χ0) is 18.6.